The lowest BCUT2D eigenvalue weighted by atomic mass is 10.1. The van der Waals surface area contributed by atoms with Gasteiger partial charge in [-0.3, -0.25) is 0 Å². The highest BCUT2D eigenvalue weighted by atomic mass is 16.5. The second kappa shape index (κ2) is 4.16. The third kappa shape index (κ3) is 1.60. The van der Waals surface area contributed by atoms with Crippen molar-refractivity contribution >= 4 is 22.8 Å². The number of nitrogens with one attached hydrogen (secondary N) is 3. The predicted molar refractivity (Wildman–Crippen MR) is 78.7 cm³/mol. The average Bonchev–Trinajstić information content (AvgIpc) is 3.16. The van der Waals surface area contributed by atoms with Gasteiger partial charge in [-0.2, -0.15) is 0 Å². The Morgan fingerprint density at radius 2 is 2.20 bits per heavy atom. The molecule has 0 atom stereocenters. The monoisotopic (exact) mass is 266 g/mol. The third-order valence-electron chi connectivity index (χ3n) is 3.64. The summed E-state index contributed by atoms with van der Waals surface area (Å²) in [5.74, 6) is 0.847. The Morgan fingerprint density at radius 3 is 3.10 bits per heavy atom. The zero-order valence-electron chi connectivity index (χ0n) is 11.0. The summed E-state index contributed by atoms with van der Waals surface area (Å²) in [6.45, 7) is 0. The number of imidazole rings is 1. The van der Waals surface area contributed by atoms with Crippen LogP contribution < -0.4 is 10.1 Å². The molecule has 20 heavy (non-hydrogen) atoms. The van der Waals surface area contributed by atoms with Gasteiger partial charge in [0.15, 0.2) is 0 Å². The lowest BCUT2D eigenvalue weighted by Gasteiger charge is -2.01. The molecule has 0 saturated heterocycles. The maximum absolute atomic E-state index is 5.31. The van der Waals surface area contributed by atoms with Crippen molar-refractivity contribution < 1.29 is 4.74 Å². The summed E-state index contributed by atoms with van der Waals surface area (Å²) in [7, 11) is 1.68. The van der Waals surface area contributed by atoms with E-state index in [1.165, 1.54) is 5.56 Å². The number of ether oxygens (including phenoxy) is 1. The molecule has 1 aromatic carbocycles. The van der Waals surface area contributed by atoms with Crippen LogP contribution in [0.15, 0.2) is 36.4 Å². The van der Waals surface area contributed by atoms with Crippen molar-refractivity contribution in [1.29, 1.82) is 0 Å². The number of hydrogen-bond donors (Lipinski definition) is 3. The number of allylic oxidation sites excluding steroid dienone is 1. The van der Waals surface area contributed by atoms with E-state index in [0.717, 1.165) is 40.3 Å². The van der Waals surface area contributed by atoms with E-state index in [9.17, 15) is 0 Å². The van der Waals surface area contributed by atoms with E-state index in [1.54, 1.807) is 13.4 Å². The number of anilines is 1. The molecule has 0 fully saturated rings. The van der Waals surface area contributed by atoms with E-state index in [0.29, 0.717) is 0 Å². The second-order valence-electron chi connectivity index (χ2n) is 4.82. The molecule has 0 aliphatic carbocycles. The zero-order valence-corrected chi connectivity index (χ0v) is 11.0. The van der Waals surface area contributed by atoms with E-state index in [2.05, 4.69) is 32.4 Å². The van der Waals surface area contributed by atoms with Crippen molar-refractivity contribution in [3.63, 3.8) is 0 Å². The van der Waals surface area contributed by atoms with Gasteiger partial charge in [-0.05, 0) is 24.3 Å². The first-order valence-electron chi connectivity index (χ1n) is 6.49. The van der Waals surface area contributed by atoms with Crippen molar-refractivity contribution in [3.05, 3.63) is 47.7 Å². The van der Waals surface area contributed by atoms with Crippen LogP contribution in [-0.2, 0) is 6.42 Å². The molecule has 0 spiro atoms. The molecule has 0 amide bonds. The highest BCUT2D eigenvalue weighted by molar-refractivity contribution is 5.88. The van der Waals surface area contributed by atoms with Crippen molar-refractivity contribution in [2.45, 2.75) is 6.42 Å². The highest BCUT2D eigenvalue weighted by Crippen LogP contribution is 2.34. The number of rotatable bonds is 2. The summed E-state index contributed by atoms with van der Waals surface area (Å²) in [5, 5.41) is 3.44. The lowest BCUT2D eigenvalue weighted by molar-refractivity contribution is 0.414. The molecule has 3 aromatic rings. The minimum Gasteiger partial charge on any atom is -0.495 e. The van der Waals surface area contributed by atoms with Gasteiger partial charge in [-0.15, -0.1) is 0 Å². The van der Waals surface area contributed by atoms with Crippen LogP contribution in [0.3, 0.4) is 0 Å². The standard InChI is InChI=1S/C15H14N4O/c1-20-14-4-5-16-13(14)7-9-6-10-11(19-9)2-3-12-15(10)18-8-17-12/h2-5,7-8,16,19H,6H2,1H3,(H,17,18). The summed E-state index contributed by atoms with van der Waals surface area (Å²) in [5.41, 5.74) is 6.58. The smallest absolute Gasteiger partial charge is 0.143 e. The van der Waals surface area contributed by atoms with E-state index < -0.39 is 0 Å². The molecular weight excluding hydrogens is 252 g/mol. The Balaban J connectivity index is 1.74. The molecule has 5 nitrogen and oxygen atoms in total. The molecular formula is C15H14N4O. The topological polar surface area (TPSA) is 65.7 Å². The molecule has 5 heteroatoms. The second-order valence-corrected chi connectivity index (χ2v) is 4.82. The van der Waals surface area contributed by atoms with Gasteiger partial charge in [-0.25, -0.2) is 4.98 Å². The van der Waals surface area contributed by atoms with Crippen LogP contribution in [0.2, 0.25) is 0 Å². The van der Waals surface area contributed by atoms with E-state index in [-0.39, 0.29) is 0 Å². The molecule has 0 bridgehead atoms. The fourth-order valence-corrected chi connectivity index (χ4v) is 2.69. The summed E-state index contributed by atoms with van der Waals surface area (Å²) >= 11 is 0. The van der Waals surface area contributed by atoms with E-state index in [4.69, 9.17) is 4.74 Å². The Labute approximate surface area is 115 Å². The SMILES string of the molecule is COc1cc[nH]c1C=C1Cc2c(ccc3[nH]cnc23)N1. The molecule has 4 rings (SSSR count). The number of aromatic nitrogens is 3. The Bertz CT molecular complexity index is 812. The number of benzene rings is 1. The maximum Gasteiger partial charge on any atom is 0.143 e. The van der Waals surface area contributed by atoms with Crippen molar-refractivity contribution in [3.8, 4) is 5.75 Å². The fraction of sp³-hybridized carbons (Fsp3) is 0.133. The van der Waals surface area contributed by atoms with Crippen LogP contribution in [0.5, 0.6) is 5.75 Å². The van der Waals surface area contributed by atoms with Crippen LogP contribution in [-0.4, -0.2) is 22.1 Å². The van der Waals surface area contributed by atoms with Crippen LogP contribution in [0.4, 0.5) is 5.69 Å². The molecule has 3 N–H and O–H groups in total. The van der Waals surface area contributed by atoms with E-state index >= 15 is 0 Å². The molecule has 0 unspecified atom stereocenters. The molecule has 100 valence electrons. The quantitative estimate of drug-likeness (QED) is 0.668. The van der Waals surface area contributed by atoms with Crippen LogP contribution in [0, 0.1) is 0 Å². The van der Waals surface area contributed by atoms with Crippen molar-refractivity contribution in [2.75, 3.05) is 12.4 Å². The maximum atomic E-state index is 5.31. The predicted octanol–water partition coefficient (Wildman–Crippen LogP) is 2.91. The van der Waals surface area contributed by atoms with Gasteiger partial charge in [0.2, 0.25) is 0 Å². The van der Waals surface area contributed by atoms with Crippen LogP contribution in [0.25, 0.3) is 17.1 Å². The largest absolute Gasteiger partial charge is 0.495 e. The van der Waals surface area contributed by atoms with Gasteiger partial charge in [0.25, 0.3) is 0 Å². The Kier molecular flexibility index (Phi) is 2.32. The van der Waals surface area contributed by atoms with Crippen LogP contribution >= 0.6 is 0 Å². The fourth-order valence-electron chi connectivity index (χ4n) is 2.69. The number of aromatic amines is 2. The summed E-state index contributed by atoms with van der Waals surface area (Å²) in [6.07, 6.45) is 6.54. The first-order valence-corrected chi connectivity index (χ1v) is 6.49. The number of hydrogen-bond acceptors (Lipinski definition) is 3. The molecule has 0 saturated carbocycles. The van der Waals surface area contributed by atoms with Gasteiger partial charge in [0.1, 0.15) is 5.75 Å². The van der Waals surface area contributed by atoms with Crippen LogP contribution in [0.1, 0.15) is 11.3 Å². The Hall–Kier alpha value is -2.69. The minimum atomic E-state index is 0.847. The van der Waals surface area contributed by atoms with Crippen molar-refractivity contribution in [1.82, 2.24) is 15.0 Å². The molecule has 0 radical (unpaired) electrons. The average molecular weight is 266 g/mol. The molecule has 1 aliphatic heterocycles. The third-order valence-corrected chi connectivity index (χ3v) is 3.64. The van der Waals surface area contributed by atoms with Gasteiger partial charge >= 0.3 is 0 Å². The Morgan fingerprint density at radius 1 is 1.25 bits per heavy atom. The number of fused-ring (bicyclic) bond motifs is 3. The summed E-state index contributed by atoms with van der Waals surface area (Å²) < 4.78 is 5.31. The zero-order chi connectivity index (χ0) is 13.5. The first-order chi connectivity index (χ1) is 9.85. The number of nitrogens with zero attached hydrogens (tertiary/aromatic N) is 1. The lowest BCUT2D eigenvalue weighted by Crippen LogP contribution is -1.92. The molecule has 1 aliphatic rings. The number of H-pyrrole nitrogens is 2. The normalized spacial score (nSPS) is 15.6. The first kappa shape index (κ1) is 11.2. The van der Waals surface area contributed by atoms with Gasteiger partial charge in [0.05, 0.1) is 30.2 Å². The van der Waals surface area contributed by atoms with Gasteiger partial charge in [-0.1, -0.05) is 0 Å². The molecule has 3 heterocycles. The highest BCUT2D eigenvalue weighted by Gasteiger charge is 2.19. The van der Waals surface area contributed by atoms with Gasteiger partial charge < -0.3 is 20.0 Å². The number of methoxy groups -OCH3 is 1. The summed E-state index contributed by atoms with van der Waals surface area (Å²) in [4.78, 5) is 10.7. The van der Waals surface area contributed by atoms with Gasteiger partial charge in [0, 0.05) is 29.6 Å². The minimum absolute atomic E-state index is 0.847. The summed E-state index contributed by atoms with van der Waals surface area (Å²) in [6, 6.07) is 6.05. The molecule has 2 aromatic heterocycles. The van der Waals surface area contributed by atoms with E-state index in [1.807, 2.05) is 18.3 Å². The van der Waals surface area contributed by atoms with Crippen molar-refractivity contribution in [2.24, 2.45) is 0 Å².